The van der Waals surface area contributed by atoms with Gasteiger partial charge in [-0.1, -0.05) is 41.9 Å². The number of benzene rings is 3. The molecule has 0 fully saturated rings. The van der Waals surface area contributed by atoms with E-state index in [4.69, 9.17) is 11.6 Å². The van der Waals surface area contributed by atoms with Gasteiger partial charge in [0, 0.05) is 22.7 Å². The summed E-state index contributed by atoms with van der Waals surface area (Å²) in [5.41, 5.74) is 2.00. The molecule has 26 heavy (non-hydrogen) atoms. The van der Waals surface area contributed by atoms with E-state index in [1.54, 1.807) is 36.4 Å². The average molecular weight is 382 g/mol. The SMILES string of the molecule is CN(c1ccccc1)c1ccccc1C(=O)C(=O)Sc1ccc(Cl)cc1. The second kappa shape index (κ2) is 8.21. The van der Waals surface area contributed by atoms with E-state index in [9.17, 15) is 9.59 Å². The van der Waals surface area contributed by atoms with Crippen molar-refractivity contribution in [3.05, 3.63) is 89.4 Å². The van der Waals surface area contributed by atoms with Crippen molar-refractivity contribution in [1.82, 2.24) is 0 Å². The highest BCUT2D eigenvalue weighted by atomic mass is 35.5. The zero-order valence-electron chi connectivity index (χ0n) is 14.1. The Bertz CT molecular complexity index is 926. The first-order chi connectivity index (χ1) is 12.6. The van der Waals surface area contributed by atoms with E-state index < -0.39 is 10.9 Å². The van der Waals surface area contributed by atoms with Crippen LogP contribution in [0.25, 0.3) is 0 Å². The molecule has 0 heterocycles. The third kappa shape index (κ3) is 4.15. The Hall–Kier alpha value is -2.56. The third-order valence-electron chi connectivity index (χ3n) is 3.86. The second-order valence-corrected chi connectivity index (χ2v) is 7.07. The predicted octanol–water partition coefficient (Wildman–Crippen LogP) is 5.61. The van der Waals surface area contributed by atoms with Crippen LogP contribution in [0.15, 0.2) is 83.8 Å². The molecule has 0 saturated carbocycles. The lowest BCUT2D eigenvalue weighted by atomic mass is 10.1. The Morgan fingerprint density at radius 1 is 0.846 bits per heavy atom. The molecule has 0 aliphatic heterocycles. The van der Waals surface area contributed by atoms with Gasteiger partial charge in [-0.25, -0.2) is 0 Å². The zero-order valence-corrected chi connectivity index (χ0v) is 15.6. The molecule has 3 nitrogen and oxygen atoms in total. The van der Waals surface area contributed by atoms with Gasteiger partial charge in [0.2, 0.25) is 5.78 Å². The van der Waals surface area contributed by atoms with Gasteiger partial charge < -0.3 is 4.90 Å². The summed E-state index contributed by atoms with van der Waals surface area (Å²) in [7, 11) is 1.87. The fourth-order valence-corrected chi connectivity index (χ4v) is 3.33. The number of carbonyl (C=O) groups excluding carboxylic acids is 2. The standard InChI is InChI=1S/C21H16ClNO2S/c1-23(16-7-3-2-4-8-16)19-10-6-5-9-18(19)20(24)21(25)26-17-13-11-15(22)12-14-17/h2-14H,1H3. The van der Waals surface area contributed by atoms with Gasteiger partial charge in [-0.05, 0) is 60.3 Å². The molecule has 0 aromatic heterocycles. The van der Waals surface area contributed by atoms with Crippen molar-refractivity contribution in [2.45, 2.75) is 4.90 Å². The van der Waals surface area contributed by atoms with E-state index >= 15 is 0 Å². The summed E-state index contributed by atoms with van der Waals surface area (Å²) in [6.45, 7) is 0. The fraction of sp³-hybridized carbons (Fsp3) is 0.0476. The number of anilines is 2. The summed E-state index contributed by atoms with van der Waals surface area (Å²) in [5.74, 6) is -0.525. The molecule has 0 bridgehead atoms. The van der Waals surface area contributed by atoms with Crippen LogP contribution in [-0.4, -0.2) is 17.9 Å². The lowest BCUT2D eigenvalue weighted by Gasteiger charge is -2.21. The molecule has 0 atom stereocenters. The van der Waals surface area contributed by atoms with Crippen molar-refractivity contribution in [3.63, 3.8) is 0 Å². The summed E-state index contributed by atoms with van der Waals surface area (Å²) in [5, 5.41) is 0.0594. The van der Waals surface area contributed by atoms with E-state index in [1.165, 1.54) is 0 Å². The van der Waals surface area contributed by atoms with Crippen molar-refractivity contribution in [3.8, 4) is 0 Å². The molecular weight excluding hydrogens is 366 g/mol. The summed E-state index contributed by atoms with van der Waals surface area (Å²) in [6.07, 6.45) is 0. The Morgan fingerprint density at radius 2 is 1.46 bits per heavy atom. The van der Waals surface area contributed by atoms with Crippen LogP contribution >= 0.6 is 23.4 Å². The first-order valence-corrected chi connectivity index (χ1v) is 9.15. The Morgan fingerprint density at radius 3 is 2.15 bits per heavy atom. The molecule has 0 unspecified atom stereocenters. The molecule has 3 aromatic rings. The molecule has 0 aliphatic carbocycles. The van der Waals surface area contributed by atoms with Crippen LogP contribution in [0.1, 0.15) is 10.4 Å². The topological polar surface area (TPSA) is 37.4 Å². The second-order valence-electron chi connectivity index (χ2n) is 5.58. The number of thioether (sulfide) groups is 1. The molecule has 3 aromatic carbocycles. The number of rotatable bonds is 5. The first-order valence-electron chi connectivity index (χ1n) is 7.96. The first kappa shape index (κ1) is 18.2. The van der Waals surface area contributed by atoms with Crippen molar-refractivity contribution in [1.29, 1.82) is 0 Å². The number of carbonyl (C=O) groups is 2. The normalized spacial score (nSPS) is 10.4. The van der Waals surface area contributed by atoms with E-state index in [2.05, 4.69) is 0 Å². The van der Waals surface area contributed by atoms with Gasteiger partial charge in [0.05, 0.1) is 11.3 Å². The van der Waals surface area contributed by atoms with Gasteiger partial charge >= 0.3 is 0 Å². The number of ketones is 1. The summed E-state index contributed by atoms with van der Waals surface area (Å²) in [4.78, 5) is 27.8. The Balaban J connectivity index is 1.85. The number of Topliss-reactive ketones (excluding diaryl/α,β-unsaturated/α-hetero) is 1. The van der Waals surface area contributed by atoms with Crippen LogP contribution in [0.4, 0.5) is 11.4 Å². The van der Waals surface area contributed by atoms with Gasteiger partial charge in [-0.15, -0.1) is 0 Å². The molecule has 0 amide bonds. The molecular formula is C21H16ClNO2S. The monoisotopic (exact) mass is 381 g/mol. The average Bonchev–Trinajstić information content (AvgIpc) is 2.69. The smallest absolute Gasteiger partial charge is 0.264 e. The Labute approximate surface area is 161 Å². The number of hydrogen-bond acceptors (Lipinski definition) is 4. The summed E-state index contributed by atoms with van der Waals surface area (Å²) < 4.78 is 0. The van der Waals surface area contributed by atoms with Crippen LogP contribution < -0.4 is 4.90 Å². The lowest BCUT2D eigenvalue weighted by molar-refractivity contribution is -0.107. The van der Waals surface area contributed by atoms with Crippen LogP contribution in [0.2, 0.25) is 5.02 Å². The van der Waals surface area contributed by atoms with Crippen LogP contribution in [-0.2, 0) is 4.79 Å². The molecule has 0 aliphatic rings. The molecule has 3 rings (SSSR count). The maximum absolute atomic E-state index is 12.7. The highest BCUT2D eigenvalue weighted by Gasteiger charge is 2.22. The van der Waals surface area contributed by atoms with Crippen molar-refractivity contribution >= 4 is 45.6 Å². The summed E-state index contributed by atoms with van der Waals surface area (Å²) in [6, 6.07) is 23.6. The predicted molar refractivity (Wildman–Crippen MR) is 108 cm³/mol. The van der Waals surface area contributed by atoms with Gasteiger partial charge in [0.15, 0.2) is 0 Å². The molecule has 0 saturated heterocycles. The highest BCUT2D eigenvalue weighted by molar-refractivity contribution is 8.15. The maximum atomic E-state index is 12.7. The minimum absolute atomic E-state index is 0.380. The lowest BCUT2D eigenvalue weighted by Crippen LogP contribution is -2.17. The van der Waals surface area contributed by atoms with E-state index in [1.807, 2.05) is 54.4 Å². The molecule has 0 N–H and O–H groups in total. The highest BCUT2D eigenvalue weighted by Crippen LogP contribution is 2.29. The van der Waals surface area contributed by atoms with Crippen LogP contribution in [0.3, 0.4) is 0 Å². The fourth-order valence-electron chi connectivity index (χ4n) is 2.51. The molecule has 130 valence electrons. The van der Waals surface area contributed by atoms with Gasteiger partial charge in [-0.2, -0.15) is 0 Å². The van der Waals surface area contributed by atoms with E-state index in [-0.39, 0.29) is 0 Å². The van der Waals surface area contributed by atoms with Crippen molar-refractivity contribution < 1.29 is 9.59 Å². The molecule has 5 heteroatoms. The summed E-state index contributed by atoms with van der Waals surface area (Å²) >= 11 is 6.76. The number of hydrogen-bond donors (Lipinski definition) is 0. The van der Waals surface area contributed by atoms with Gasteiger partial charge in [-0.3, -0.25) is 9.59 Å². The molecule has 0 radical (unpaired) electrons. The minimum atomic E-state index is -0.527. The van der Waals surface area contributed by atoms with E-state index in [0.717, 1.165) is 17.4 Å². The van der Waals surface area contributed by atoms with Gasteiger partial charge in [0.1, 0.15) is 0 Å². The molecule has 0 spiro atoms. The van der Waals surface area contributed by atoms with Crippen LogP contribution in [0, 0.1) is 0 Å². The van der Waals surface area contributed by atoms with Crippen molar-refractivity contribution in [2.24, 2.45) is 0 Å². The quantitative estimate of drug-likeness (QED) is 0.327. The zero-order chi connectivity index (χ0) is 18.5. The van der Waals surface area contributed by atoms with E-state index in [0.29, 0.717) is 21.2 Å². The number of nitrogens with zero attached hydrogens (tertiary/aromatic N) is 1. The third-order valence-corrected chi connectivity index (χ3v) is 4.99. The largest absolute Gasteiger partial charge is 0.344 e. The minimum Gasteiger partial charge on any atom is -0.344 e. The number of halogens is 1. The maximum Gasteiger partial charge on any atom is 0.264 e. The Kier molecular flexibility index (Phi) is 5.76. The van der Waals surface area contributed by atoms with Gasteiger partial charge in [0.25, 0.3) is 5.12 Å². The van der Waals surface area contributed by atoms with Crippen molar-refractivity contribution in [2.75, 3.05) is 11.9 Å². The van der Waals surface area contributed by atoms with Crippen LogP contribution in [0.5, 0.6) is 0 Å². The number of para-hydroxylation sites is 2.